The van der Waals surface area contributed by atoms with Gasteiger partial charge < -0.3 is 14.4 Å². The number of nitrogens with zero attached hydrogens (tertiary/aromatic N) is 1. The zero-order chi connectivity index (χ0) is 19.3. The monoisotopic (exact) mass is 367 g/mol. The number of rotatable bonds is 5. The second-order valence-electron chi connectivity index (χ2n) is 7.93. The summed E-state index contributed by atoms with van der Waals surface area (Å²) in [5, 5.41) is 0. The molecule has 1 aliphatic rings. The van der Waals surface area contributed by atoms with E-state index in [9.17, 15) is 13.6 Å². The molecule has 1 aromatic carbocycles. The molecule has 1 heterocycles. The van der Waals surface area contributed by atoms with Crippen molar-refractivity contribution in [2.75, 3.05) is 19.7 Å². The third-order valence-corrected chi connectivity index (χ3v) is 4.49. The van der Waals surface area contributed by atoms with Gasteiger partial charge in [-0.25, -0.2) is 13.6 Å². The summed E-state index contributed by atoms with van der Waals surface area (Å²) < 4.78 is 38.0. The fourth-order valence-corrected chi connectivity index (χ4v) is 3.02. The molecular weight excluding hydrogens is 339 g/mol. The first-order valence-electron chi connectivity index (χ1n) is 9.22. The molecule has 7 heteroatoms. The van der Waals surface area contributed by atoms with Gasteiger partial charge >= 0.3 is 6.09 Å². The minimum absolute atomic E-state index is 0.0344. The maximum atomic E-state index is 13.7. The summed E-state index contributed by atoms with van der Waals surface area (Å²) in [5.74, 6) is -0.518. The number of carbonyl (C=O) groups excluding carboxylic acids is 1. The maximum Gasteiger partial charge on any atom is 0.410 e. The van der Waals surface area contributed by atoms with Crippen LogP contribution in [0.25, 0.3) is 0 Å². The lowest BCUT2D eigenvalue weighted by molar-refractivity contribution is 0.0179. The molecule has 0 N–H and O–H groups in total. The summed E-state index contributed by atoms with van der Waals surface area (Å²) in [4.78, 5) is 13.8. The number of hydrogen-bond donors (Lipinski definition) is 0. The van der Waals surface area contributed by atoms with Gasteiger partial charge in [0, 0.05) is 19.2 Å². The molecule has 1 aromatic rings. The van der Waals surface area contributed by atoms with Crippen LogP contribution in [-0.2, 0) is 4.74 Å². The largest absolute Gasteiger partial charge is 0.490 e. The van der Waals surface area contributed by atoms with Crippen LogP contribution in [0, 0.1) is 17.6 Å². The molecule has 144 valence electrons. The summed E-state index contributed by atoms with van der Waals surface area (Å²) in [6.45, 7) is 7.32. The Hall–Kier alpha value is -1.79. The van der Waals surface area contributed by atoms with Crippen LogP contribution in [0.4, 0.5) is 13.6 Å². The van der Waals surface area contributed by atoms with Crippen molar-refractivity contribution >= 4 is 19.4 Å². The maximum absolute atomic E-state index is 13.7. The van der Waals surface area contributed by atoms with E-state index in [2.05, 4.69) is 0 Å². The molecule has 0 spiro atoms. The average molecular weight is 367 g/mol. The molecule has 1 amide bonds. The Balaban J connectivity index is 1.68. The van der Waals surface area contributed by atoms with E-state index in [1.54, 1.807) is 4.90 Å². The lowest BCUT2D eigenvalue weighted by Gasteiger charge is -2.33. The Morgan fingerprint density at radius 2 is 1.88 bits per heavy atom. The van der Waals surface area contributed by atoms with E-state index in [4.69, 9.17) is 9.47 Å². The molecule has 1 fully saturated rings. The van der Waals surface area contributed by atoms with Crippen molar-refractivity contribution in [3.05, 3.63) is 23.8 Å². The van der Waals surface area contributed by atoms with Crippen LogP contribution in [0.5, 0.6) is 5.75 Å². The van der Waals surface area contributed by atoms with Crippen LogP contribution in [0.15, 0.2) is 12.1 Å². The fourth-order valence-electron chi connectivity index (χ4n) is 3.02. The first-order chi connectivity index (χ1) is 12.2. The highest BCUT2D eigenvalue weighted by atomic mass is 19.1. The quantitative estimate of drug-likeness (QED) is 0.593. The third kappa shape index (κ3) is 6.18. The number of benzene rings is 1. The van der Waals surface area contributed by atoms with E-state index in [0.29, 0.717) is 25.6 Å². The van der Waals surface area contributed by atoms with Gasteiger partial charge in [0.15, 0.2) is 11.6 Å². The highest BCUT2D eigenvalue weighted by molar-refractivity contribution is 6.32. The Labute approximate surface area is 155 Å². The highest BCUT2D eigenvalue weighted by Crippen LogP contribution is 2.24. The van der Waals surface area contributed by atoms with Gasteiger partial charge in [-0.3, -0.25) is 0 Å². The first kappa shape index (κ1) is 20.5. The standard InChI is InChI=1S/C19H28BF2NO3/c1-19(2,3)26-18(24)23-8-6-13(7-9-23)5-4-10-25-17-12-15(21)14(20)11-16(17)22/h11-13H,4-10,20H2,1-3H3. The van der Waals surface area contributed by atoms with E-state index in [1.165, 1.54) is 7.85 Å². The van der Waals surface area contributed by atoms with Gasteiger partial charge in [-0.15, -0.1) is 0 Å². The van der Waals surface area contributed by atoms with Gasteiger partial charge in [-0.05, 0) is 58.4 Å². The van der Waals surface area contributed by atoms with Gasteiger partial charge in [-0.2, -0.15) is 0 Å². The van der Waals surface area contributed by atoms with Gasteiger partial charge in [0.05, 0.1) is 6.61 Å². The molecule has 0 aromatic heterocycles. The van der Waals surface area contributed by atoms with Crippen molar-refractivity contribution in [2.24, 2.45) is 5.92 Å². The number of carbonyl (C=O) groups is 1. The van der Waals surface area contributed by atoms with Gasteiger partial charge in [0.1, 0.15) is 19.3 Å². The Bertz CT molecular complexity index is 626. The van der Waals surface area contributed by atoms with Crippen molar-refractivity contribution in [2.45, 2.75) is 52.1 Å². The predicted molar refractivity (Wildman–Crippen MR) is 99.8 cm³/mol. The molecule has 26 heavy (non-hydrogen) atoms. The van der Waals surface area contributed by atoms with E-state index < -0.39 is 17.2 Å². The Morgan fingerprint density at radius 1 is 1.23 bits per heavy atom. The van der Waals surface area contributed by atoms with Crippen molar-refractivity contribution in [3.8, 4) is 5.75 Å². The molecule has 1 saturated heterocycles. The number of hydrogen-bond acceptors (Lipinski definition) is 3. The Morgan fingerprint density at radius 3 is 2.50 bits per heavy atom. The number of ether oxygens (including phenoxy) is 2. The van der Waals surface area contributed by atoms with Crippen LogP contribution in [0.3, 0.4) is 0 Å². The van der Waals surface area contributed by atoms with E-state index in [0.717, 1.165) is 37.8 Å². The van der Waals surface area contributed by atoms with Crippen LogP contribution in [0.1, 0.15) is 46.5 Å². The highest BCUT2D eigenvalue weighted by Gasteiger charge is 2.26. The molecular formula is C19H28BF2NO3. The summed E-state index contributed by atoms with van der Waals surface area (Å²) in [5.41, 5.74) is -0.206. The molecule has 0 saturated carbocycles. The minimum Gasteiger partial charge on any atom is -0.490 e. The normalized spacial score (nSPS) is 15.8. The van der Waals surface area contributed by atoms with Gasteiger partial charge in [-0.1, -0.05) is 5.46 Å². The molecule has 0 atom stereocenters. The van der Waals surface area contributed by atoms with Crippen molar-refractivity contribution < 1.29 is 23.0 Å². The smallest absolute Gasteiger partial charge is 0.410 e. The second-order valence-corrected chi connectivity index (χ2v) is 7.93. The lowest BCUT2D eigenvalue weighted by atomic mass is 9.92. The fraction of sp³-hybridized carbons (Fsp3) is 0.632. The van der Waals surface area contributed by atoms with Crippen molar-refractivity contribution in [1.29, 1.82) is 0 Å². The number of halogens is 2. The molecule has 0 bridgehead atoms. The van der Waals surface area contributed by atoms with Crippen LogP contribution < -0.4 is 10.2 Å². The van der Waals surface area contributed by atoms with E-state index in [-0.39, 0.29) is 17.3 Å². The molecule has 1 aliphatic heterocycles. The van der Waals surface area contributed by atoms with Gasteiger partial charge in [0.2, 0.25) is 0 Å². The molecule has 4 nitrogen and oxygen atoms in total. The van der Waals surface area contributed by atoms with Crippen molar-refractivity contribution in [3.63, 3.8) is 0 Å². The topological polar surface area (TPSA) is 38.8 Å². The summed E-state index contributed by atoms with van der Waals surface area (Å²) in [6, 6.07) is 2.25. The molecule has 0 unspecified atom stereocenters. The van der Waals surface area contributed by atoms with E-state index >= 15 is 0 Å². The molecule has 2 rings (SSSR count). The van der Waals surface area contributed by atoms with Crippen molar-refractivity contribution in [1.82, 2.24) is 4.90 Å². The number of likely N-dealkylation sites (tertiary alicyclic amines) is 1. The SMILES string of the molecule is Bc1cc(F)c(OCCCC2CCN(C(=O)OC(C)(C)C)CC2)cc1F. The molecule has 0 radical (unpaired) electrons. The van der Waals surface area contributed by atoms with Gasteiger partial charge in [0.25, 0.3) is 0 Å². The number of piperidine rings is 1. The van der Waals surface area contributed by atoms with Crippen LogP contribution in [0.2, 0.25) is 0 Å². The predicted octanol–water partition coefficient (Wildman–Crippen LogP) is 3.03. The van der Waals surface area contributed by atoms with E-state index in [1.807, 2.05) is 20.8 Å². The van der Waals surface area contributed by atoms with Crippen LogP contribution >= 0.6 is 0 Å². The zero-order valence-corrected chi connectivity index (χ0v) is 16.1. The first-order valence-corrected chi connectivity index (χ1v) is 9.22. The van der Waals surface area contributed by atoms with Crippen LogP contribution in [-0.4, -0.2) is 44.1 Å². The molecule has 0 aliphatic carbocycles. The summed E-state index contributed by atoms with van der Waals surface area (Å²) in [7, 11) is 1.52. The Kier molecular flexibility index (Phi) is 6.90. The average Bonchev–Trinajstić information content (AvgIpc) is 2.55. The minimum atomic E-state index is -0.533. The second kappa shape index (κ2) is 8.74. The number of amides is 1. The summed E-state index contributed by atoms with van der Waals surface area (Å²) in [6.07, 6.45) is 3.31. The zero-order valence-electron chi connectivity index (χ0n) is 16.1. The third-order valence-electron chi connectivity index (χ3n) is 4.49. The summed E-state index contributed by atoms with van der Waals surface area (Å²) >= 11 is 0. The lowest BCUT2D eigenvalue weighted by Crippen LogP contribution is -2.41.